The normalized spacial score (nSPS) is 37.0. The standard InChI is InChI=1S/C22H33N3O6S/c1-21(8-9-21)32(30,31)24-20(29)22-13-14(22)7-5-3-4-6-10-25(2)19(28)17-12-15(26)11-16(17)18(27)23-22/h5,7,14-17,26H,3-4,6,8-13H2,1-2H3,(H,23,27)(H,24,29). The Kier molecular flexibility index (Phi) is 5.90. The molecule has 1 aliphatic heterocycles. The van der Waals surface area contributed by atoms with Crippen LogP contribution in [0.3, 0.4) is 0 Å². The van der Waals surface area contributed by atoms with Gasteiger partial charge in [-0.15, -0.1) is 0 Å². The zero-order valence-electron chi connectivity index (χ0n) is 18.7. The lowest BCUT2D eigenvalue weighted by molar-refractivity contribution is -0.140. The van der Waals surface area contributed by atoms with Crippen molar-refractivity contribution in [3.05, 3.63) is 12.2 Å². The Morgan fingerprint density at radius 2 is 1.91 bits per heavy atom. The maximum absolute atomic E-state index is 13.2. The third-order valence-electron chi connectivity index (χ3n) is 7.65. The number of carbonyl (C=O) groups excluding carboxylic acids is 3. The Morgan fingerprint density at radius 3 is 2.59 bits per heavy atom. The fourth-order valence-corrected chi connectivity index (χ4v) is 6.23. The van der Waals surface area contributed by atoms with Gasteiger partial charge in [0.25, 0.3) is 5.91 Å². The largest absolute Gasteiger partial charge is 0.393 e. The molecule has 3 N–H and O–H groups in total. The minimum atomic E-state index is -3.84. The second-order valence-corrected chi connectivity index (χ2v) is 12.4. The number of sulfonamides is 1. The van der Waals surface area contributed by atoms with Crippen LogP contribution < -0.4 is 10.0 Å². The number of fused-ring (bicyclic) bond motifs is 2. The van der Waals surface area contributed by atoms with Crippen molar-refractivity contribution >= 4 is 27.7 Å². The Balaban J connectivity index is 1.59. The van der Waals surface area contributed by atoms with Gasteiger partial charge < -0.3 is 15.3 Å². The Bertz CT molecular complexity index is 943. The zero-order chi connectivity index (χ0) is 23.3. The fourth-order valence-electron chi connectivity index (χ4n) is 4.91. The number of hydrogen-bond acceptors (Lipinski definition) is 6. The molecule has 3 fully saturated rings. The molecule has 3 aliphatic carbocycles. The molecule has 178 valence electrons. The van der Waals surface area contributed by atoms with Gasteiger partial charge >= 0.3 is 0 Å². The quantitative estimate of drug-likeness (QED) is 0.516. The minimum Gasteiger partial charge on any atom is -0.393 e. The second kappa shape index (κ2) is 8.13. The summed E-state index contributed by atoms with van der Waals surface area (Å²) in [5, 5.41) is 13.0. The molecule has 0 spiro atoms. The number of hydrogen-bond donors (Lipinski definition) is 3. The molecule has 3 amide bonds. The van der Waals surface area contributed by atoms with Crippen LogP contribution in [0.4, 0.5) is 0 Å². The van der Waals surface area contributed by atoms with Crippen LogP contribution in [0.5, 0.6) is 0 Å². The molecule has 5 unspecified atom stereocenters. The van der Waals surface area contributed by atoms with Crippen LogP contribution in [-0.4, -0.2) is 66.1 Å². The van der Waals surface area contributed by atoms with E-state index in [-0.39, 0.29) is 24.7 Å². The van der Waals surface area contributed by atoms with Gasteiger partial charge in [-0.1, -0.05) is 12.2 Å². The van der Waals surface area contributed by atoms with E-state index in [1.807, 2.05) is 12.2 Å². The van der Waals surface area contributed by atoms with Crippen molar-refractivity contribution in [1.82, 2.24) is 14.9 Å². The number of amides is 3. The van der Waals surface area contributed by atoms with E-state index >= 15 is 0 Å². The number of rotatable bonds is 3. The molecule has 10 heteroatoms. The summed E-state index contributed by atoms with van der Waals surface area (Å²) >= 11 is 0. The molecular weight excluding hydrogens is 434 g/mol. The van der Waals surface area contributed by atoms with E-state index in [2.05, 4.69) is 10.0 Å². The number of carbonyl (C=O) groups is 3. The SMILES string of the molecule is CN1CCCCC=CC2CC2(C(=O)NS(=O)(=O)C2(C)CC2)NC(=O)C2CC(O)CC2C1=O. The van der Waals surface area contributed by atoms with Gasteiger partial charge in [0.2, 0.25) is 21.8 Å². The number of allylic oxidation sites excluding steroid dienone is 1. The van der Waals surface area contributed by atoms with Gasteiger partial charge in [0, 0.05) is 19.5 Å². The third kappa shape index (κ3) is 4.19. The van der Waals surface area contributed by atoms with Crippen molar-refractivity contribution in [3.63, 3.8) is 0 Å². The lowest BCUT2D eigenvalue weighted by atomic mass is 9.93. The van der Waals surface area contributed by atoms with Gasteiger partial charge in [-0.2, -0.15) is 0 Å². The highest BCUT2D eigenvalue weighted by Gasteiger charge is 2.63. The summed E-state index contributed by atoms with van der Waals surface area (Å²) in [4.78, 5) is 41.0. The van der Waals surface area contributed by atoms with Gasteiger partial charge in [0.15, 0.2) is 0 Å². The van der Waals surface area contributed by atoms with E-state index in [1.54, 1.807) is 18.9 Å². The summed E-state index contributed by atoms with van der Waals surface area (Å²) in [5.74, 6) is -3.09. The first-order chi connectivity index (χ1) is 15.0. The van der Waals surface area contributed by atoms with Crippen molar-refractivity contribution in [2.24, 2.45) is 17.8 Å². The maximum atomic E-state index is 13.2. The number of nitrogens with one attached hydrogen (secondary N) is 2. The summed E-state index contributed by atoms with van der Waals surface area (Å²) in [6.07, 6.45) is 7.17. The smallest absolute Gasteiger partial charge is 0.259 e. The molecule has 0 aromatic heterocycles. The van der Waals surface area contributed by atoms with Crippen LogP contribution in [0.2, 0.25) is 0 Å². The van der Waals surface area contributed by atoms with Crippen LogP contribution in [-0.2, 0) is 24.4 Å². The topological polar surface area (TPSA) is 133 Å². The van der Waals surface area contributed by atoms with Gasteiger partial charge in [0.05, 0.1) is 22.7 Å². The Morgan fingerprint density at radius 1 is 1.22 bits per heavy atom. The lowest BCUT2D eigenvalue weighted by Crippen LogP contribution is -2.55. The Hall–Kier alpha value is -1.94. The molecule has 0 bridgehead atoms. The summed E-state index contributed by atoms with van der Waals surface area (Å²) in [5.41, 5.74) is -1.34. The number of nitrogens with zero attached hydrogens (tertiary/aromatic N) is 1. The fraction of sp³-hybridized carbons (Fsp3) is 0.773. The van der Waals surface area contributed by atoms with Crippen molar-refractivity contribution in [1.29, 1.82) is 0 Å². The molecule has 32 heavy (non-hydrogen) atoms. The molecular formula is C22H33N3O6S. The van der Waals surface area contributed by atoms with Crippen LogP contribution in [0.25, 0.3) is 0 Å². The summed E-state index contributed by atoms with van der Waals surface area (Å²) < 4.78 is 26.5. The number of aliphatic hydroxyl groups is 1. The van der Waals surface area contributed by atoms with E-state index in [9.17, 15) is 27.9 Å². The van der Waals surface area contributed by atoms with E-state index in [0.717, 1.165) is 19.3 Å². The van der Waals surface area contributed by atoms with E-state index in [4.69, 9.17) is 0 Å². The molecule has 0 aromatic rings. The average molecular weight is 468 g/mol. The van der Waals surface area contributed by atoms with Gasteiger partial charge in [0.1, 0.15) is 5.54 Å². The monoisotopic (exact) mass is 467 g/mol. The molecule has 0 radical (unpaired) electrons. The highest BCUT2D eigenvalue weighted by atomic mass is 32.2. The Labute approximate surface area is 189 Å². The van der Waals surface area contributed by atoms with E-state index in [0.29, 0.717) is 25.8 Å². The highest BCUT2D eigenvalue weighted by Crippen LogP contribution is 2.48. The first-order valence-electron chi connectivity index (χ1n) is 11.5. The van der Waals surface area contributed by atoms with Crippen molar-refractivity contribution in [2.75, 3.05) is 13.6 Å². The van der Waals surface area contributed by atoms with E-state index in [1.165, 1.54) is 0 Å². The molecule has 4 rings (SSSR count). The molecule has 9 nitrogen and oxygen atoms in total. The lowest BCUT2D eigenvalue weighted by Gasteiger charge is -2.27. The third-order valence-corrected chi connectivity index (χ3v) is 9.81. The first-order valence-corrected chi connectivity index (χ1v) is 13.0. The highest BCUT2D eigenvalue weighted by molar-refractivity contribution is 7.91. The molecule has 4 aliphatic rings. The zero-order valence-corrected chi connectivity index (χ0v) is 19.5. The second-order valence-electron chi connectivity index (χ2n) is 10.2. The maximum Gasteiger partial charge on any atom is 0.259 e. The summed E-state index contributed by atoms with van der Waals surface area (Å²) in [7, 11) is -2.14. The van der Waals surface area contributed by atoms with Crippen molar-refractivity contribution < 1.29 is 27.9 Å². The van der Waals surface area contributed by atoms with Crippen molar-refractivity contribution in [3.8, 4) is 0 Å². The first kappa shape index (κ1) is 23.2. The number of aliphatic hydroxyl groups excluding tert-OH is 1. The van der Waals surface area contributed by atoms with Gasteiger partial charge in [-0.3, -0.25) is 19.1 Å². The summed E-state index contributed by atoms with van der Waals surface area (Å²) in [6, 6.07) is 0. The molecule has 5 atom stereocenters. The van der Waals surface area contributed by atoms with Crippen LogP contribution in [0.15, 0.2) is 12.2 Å². The molecule has 0 saturated heterocycles. The molecule has 0 aromatic carbocycles. The minimum absolute atomic E-state index is 0.144. The van der Waals surface area contributed by atoms with Gasteiger partial charge in [-0.25, -0.2) is 8.42 Å². The van der Waals surface area contributed by atoms with Crippen LogP contribution in [0.1, 0.15) is 58.3 Å². The molecule has 1 heterocycles. The average Bonchev–Trinajstić information content (AvgIpc) is 3.60. The summed E-state index contributed by atoms with van der Waals surface area (Å²) in [6.45, 7) is 2.18. The predicted molar refractivity (Wildman–Crippen MR) is 117 cm³/mol. The van der Waals surface area contributed by atoms with Crippen molar-refractivity contribution in [2.45, 2.75) is 74.7 Å². The van der Waals surface area contributed by atoms with E-state index < -0.39 is 50.1 Å². The van der Waals surface area contributed by atoms with Crippen LogP contribution >= 0.6 is 0 Å². The molecule has 3 saturated carbocycles. The van der Waals surface area contributed by atoms with Crippen LogP contribution in [0, 0.1) is 17.8 Å². The predicted octanol–water partition coefficient (Wildman–Crippen LogP) is 0.445. The van der Waals surface area contributed by atoms with Gasteiger partial charge in [-0.05, 0) is 58.3 Å².